The van der Waals surface area contributed by atoms with Crippen molar-refractivity contribution in [1.82, 2.24) is 19.8 Å². The summed E-state index contributed by atoms with van der Waals surface area (Å²) < 4.78 is 5.29. The number of ether oxygens (including phenoxy) is 1. The Bertz CT molecular complexity index is 658. The second-order valence-electron chi connectivity index (χ2n) is 8.10. The Hall–Kier alpha value is -1.89. The molecule has 2 aliphatic heterocycles. The molecule has 0 spiro atoms. The minimum absolute atomic E-state index is 0.0759. The predicted molar refractivity (Wildman–Crippen MR) is 104 cm³/mol. The molecule has 1 aromatic heterocycles. The fraction of sp³-hybridized carbons (Fsp3) is 0.750. The molecule has 0 N–H and O–H groups in total. The van der Waals surface area contributed by atoms with E-state index in [9.17, 15) is 4.79 Å². The van der Waals surface area contributed by atoms with Crippen molar-refractivity contribution in [2.75, 3.05) is 38.7 Å². The highest BCUT2D eigenvalue weighted by Crippen LogP contribution is 2.36. The molecule has 3 fully saturated rings. The minimum Gasteiger partial charge on any atom is -0.481 e. The van der Waals surface area contributed by atoms with E-state index in [-0.39, 0.29) is 6.04 Å². The number of aromatic nitrogens is 2. The molecule has 1 atom stereocenters. The van der Waals surface area contributed by atoms with Crippen LogP contribution >= 0.6 is 0 Å². The molecule has 0 bridgehead atoms. The van der Waals surface area contributed by atoms with Gasteiger partial charge in [0, 0.05) is 44.8 Å². The Morgan fingerprint density at radius 1 is 1.04 bits per heavy atom. The molecule has 1 amide bonds. The van der Waals surface area contributed by atoms with Gasteiger partial charge >= 0.3 is 0 Å². The van der Waals surface area contributed by atoms with Crippen molar-refractivity contribution in [1.29, 1.82) is 0 Å². The molecule has 7 heteroatoms. The molecule has 1 unspecified atom stereocenters. The van der Waals surface area contributed by atoms with E-state index < -0.39 is 0 Å². The summed E-state index contributed by atoms with van der Waals surface area (Å²) in [6, 6.07) is 3.10. The lowest BCUT2D eigenvalue weighted by Gasteiger charge is -2.42. The smallest absolute Gasteiger partial charge is 0.239 e. The maximum absolute atomic E-state index is 12.7. The first kappa shape index (κ1) is 18.5. The zero-order valence-corrected chi connectivity index (χ0v) is 16.5. The number of methoxy groups -OCH3 is 1. The maximum Gasteiger partial charge on any atom is 0.239 e. The van der Waals surface area contributed by atoms with Crippen LogP contribution in [0.4, 0.5) is 5.82 Å². The summed E-state index contributed by atoms with van der Waals surface area (Å²) in [5, 5.41) is 0. The van der Waals surface area contributed by atoms with Gasteiger partial charge in [-0.05, 0) is 44.9 Å². The number of nitrogens with zero attached hydrogens (tertiary/aromatic N) is 5. The first-order valence-corrected chi connectivity index (χ1v) is 10.3. The van der Waals surface area contributed by atoms with Crippen LogP contribution in [0, 0.1) is 0 Å². The number of rotatable bonds is 5. The van der Waals surface area contributed by atoms with Crippen LogP contribution in [0.1, 0.15) is 44.9 Å². The van der Waals surface area contributed by atoms with Crippen LogP contribution in [-0.2, 0) is 4.79 Å². The Morgan fingerprint density at radius 2 is 1.78 bits per heavy atom. The number of carbonyl (C=O) groups is 1. The van der Waals surface area contributed by atoms with Crippen LogP contribution in [0.2, 0.25) is 0 Å². The molecule has 1 aliphatic carbocycles. The average molecular weight is 374 g/mol. The zero-order chi connectivity index (χ0) is 18.8. The molecule has 148 valence electrons. The van der Waals surface area contributed by atoms with Gasteiger partial charge in [-0.1, -0.05) is 0 Å². The average Bonchev–Trinajstić information content (AvgIpc) is 3.54. The second kappa shape index (κ2) is 8.00. The molecule has 1 aromatic rings. The minimum atomic E-state index is 0.0759. The highest BCUT2D eigenvalue weighted by Gasteiger charge is 2.39. The van der Waals surface area contributed by atoms with E-state index in [1.165, 1.54) is 12.8 Å². The standard InChI is InChI=1S/C20H31N5O2/c1-23-10-4-3-5-17(20(23)26)24-11-8-16(9-12-24)25(15-6-7-15)18-13-19(27-2)22-14-21-18/h13-17H,3-12H2,1-2H3. The van der Waals surface area contributed by atoms with Gasteiger partial charge in [0.1, 0.15) is 12.1 Å². The molecule has 2 saturated heterocycles. The summed E-state index contributed by atoms with van der Waals surface area (Å²) in [6.07, 6.45) is 9.50. The number of carbonyl (C=O) groups excluding carboxylic acids is 1. The number of anilines is 1. The first-order chi connectivity index (χ1) is 13.2. The monoisotopic (exact) mass is 373 g/mol. The van der Waals surface area contributed by atoms with Crippen molar-refractivity contribution >= 4 is 11.7 Å². The number of amides is 1. The van der Waals surface area contributed by atoms with Crippen LogP contribution in [0.25, 0.3) is 0 Å². The normalized spacial score (nSPS) is 25.3. The van der Waals surface area contributed by atoms with Crippen molar-refractivity contribution < 1.29 is 9.53 Å². The van der Waals surface area contributed by atoms with Gasteiger partial charge in [-0.25, -0.2) is 9.97 Å². The Labute approximate surface area is 161 Å². The van der Waals surface area contributed by atoms with E-state index in [0.29, 0.717) is 23.9 Å². The van der Waals surface area contributed by atoms with E-state index >= 15 is 0 Å². The third kappa shape index (κ3) is 4.03. The molecule has 0 aromatic carbocycles. The van der Waals surface area contributed by atoms with Gasteiger partial charge in [0.05, 0.1) is 13.2 Å². The molecular formula is C20H31N5O2. The summed E-state index contributed by atoms with van der Waals surface area (Å²) in [4.78, 5) is 28.2. The molecule has 4 rings (SSSR count). The van der Waals surface area contributed by atoms with E-state index in [0.717, 1.165) is 57.6 Å². The highest BCUT2D eigenvalue weighted by molar-refractivity contribution is 5.81. The summed E-state index contributed by atoms with van der Waals surface area (Å²) in [5.41, 5.74) is 0. The van der Waals surface area contributed by atoms with E-state index in [4.69, 9.17) is 4.74 Å². The lowest BCUT2D eigenvalue weighted by Crippen LogP contribution is -2.53. The van der Waals surface area contributed by atoms with Crippen molar-refractivity contribution in [3.8, 4) is 5.88 Å². The number of hydrogen-bond acceptors (Lipinski definition) is 6. The van der Waals surface area contributed by atoms with Crippen molar-refractivity contribution in [2.45, 2.75) is 63.1 Å². The van der Waals surface area contributed by atoms with Gasteiger partial charge in [0.25, 0.3) is 0 Å². The molecule has 27 heavy (non-hydrogen) atoms. The highest BCUT2D eigenvalue weighted by atomic mass is 16.5. The third-order valence-electron chi connectivity index (χ3n) is 6.26. The zero-order valence-electron chi connectivity index (χ0n) is 16.5. The van der Waals surface area contributed by atoms with Crippen LogP contribution in [0.3, 0.4) is 0 Å². The van der Waals surface area contributed by atoms with E-state index in [1.807, 2.05) is 18.0 Å². The van der Waals surface area contributed by atoms with Gasteiger partial charge in [-0.15, -0.1) is 0 Å². The molecule has 0 radical (unpaired) electrons. The van der Waals surface area contributed by atoms with Crippen molar-refractivity contribution in [3.63, 3.8) is 0 Å². The number of likely N-dealkylation sites (tertiary alicyclic amines) is 2. The van der Waals surface area contributed by atoms with Gasteiger partial charge in [-0.2, -0.15) is 0 Å². The molecule has 3 heterocycles. The Morgan fingerprint density at radius 3 is 2.48 bits per heavy atom. The SMILES string of the molecule is COc1cc(N(C2CC2)C2CCN(C3CCCCN(C)C3=O)CC2)ncn1. The second-order valence-corrected chi connectivity index (χ2v) is 8.10. The number of likely N-dealkylation sites (N-methyl/N-ethyl adjacent to an activating group) is 1. The van der Waals surface area contributed by atoms with Crippen LogP contribution < -0.4 is 9.64 Å². The Balaban J connectivity index is 1.43. The molecule has 3 aliphatic rings. The fourth-order valence-electron chi connectivity index (χ4n) is 4.60. The molecule has 7 nitrogen and oxygen atoms in total. The molecule has 1 saturated carbocycles. The lowest BCUT2D eigenvalue weighted by atomic mass is 9.99. The summed E-state index contributed by atoms with van der Waals surface area (Å²) in [5.74, 6) is 1.91. The Kier molecular flexibility index (Phi) is 5.48. The fourth-order valence-corrected chi connectivity index (χ4v) is 4.60. The summed E-state index contributed by atoms with van der Waals surface area (Å²) >= 11 is 0. The van der Waals surface area contributed by atoms with Crippen molar-refractivity contribution in [3.05, 3.63) is 12.4 Å². The van der Waals surface area contributed by atoms with Crippen LogP contribution in [-0.4, -0.2) is 77.6 Å². The largest absolute Gasteiger partial charge is 0.481 e. The van der Waals surface area contributed by atoms with Crippen molar-refractivity contribution in [2.24, 2.45) is 0 Å². The van der Waals surface area contributed by atoms with Crippen LogP contribution in [0.5, 0.6) is 5.88 Å². The number of hydrogen-bond donors (Lipinski definition) is 0. The molecular weight excluding hydrogens is 342 g/mol. The van der Waals surface area contributed by atoms with Gasteiger partial charge in [-0.3, -0.25) is 9.69 Å². The third-order valence-corrected chi connectivity index (χ3v) is 6.26. The maximum atomic E-state index is 12.7. The van der Waals surface area contributed by atoms with Crippen LogP contribution in [0.15, 0.2) is 12.4 Å². The quantitative estimate of drug-likeness (QED) is 0.786. The van der Waals surface area contributed by atoms with Gasteiger partial charge in [0.2, 0.25) is 11.8 Å². The lowest BCUT2D eigenvalue weighted by molar-refractivity contribution is -0.135. The van der Waals surface area contributed by atoms with Gasteiger partial charge < -0.3 is 14.5 Å². The number of piperidine rings is 1. The first-order valence-electron chi connectivity index (χ1n) is 10.3. The van der Waals surface area contributed by atoms with E-state index in [2.05, 4.69) is 19.8 Å². The summed E-state index contributed by atoms with van der Waals surface area (Å²) in [7, 11) is 3.59. The van der Waals surface area contributed by atoms with E-state index in [1.54, 1.807) is 13.4 Å². The summed E-state index contributed by atoms with van der Waals surface area (Å²) in [6.45, 7) is 2.87. The predicted octanol–water partition coefficient (Wildman–Crippen LogP) is 1.93. The van der Waals surface area contributed by atoms with Gasteiger partial charge in [0.15, 0.2) is 0 Å². The topological polar surface area (TPSA) is 61.8 Å².